The second-order valence-corrected chi connectivity index (χ2v) is 4.36. The lowest BCUT2D eigenvalue weighted by atomic mass is 10.1. The minimum absolute atomic E-state index is 0.785. The van der Waals surface area contributed by atoms with E-state index in [1.54, 1.807) is 0 Å². The second-order valence-electron chi connectivity index (χ2n) is 4.36. The van der Waals surface area contributed by atoms with Crippen LogP contribution in [0.2, 0.25) is 0 Å². The lowest BCUT2D eigenvalue weighted by molar-refractivity contribution is 1.45. The fourth-order valence-corrected chi connectivity index (χ4v) is 2.11. The zero-order chi connectivity index (χ0) is 12.5. The molecular weight excluding hydrogens is 222 g/mol. The number of nitrogen functional groups attached to an aromatic ring is 1. The summed E-state index contributed by atoms with van der Waals surface area (Å²) in [5.41, 5.74) is 11.0. The van der Waals surface area contributed by atoms with Gasteiger partial charge in [-0.2, -0.15) is 0 Å². The van der Waals surface area contributed by atoms with Crippen LogP contribution >= 0.6 is 0 Å². The van der Waals surface area contributed by atoms with Crippen LogP contribution in [0.4, 0.5) is 11.4 Å². The Morgan fingerprint density at radius 1 is 1.00 bits per heavy atom. The first kappa shape index (κ1) is 10.7. The van der Waals surface area contributed by atoms with Crippen LogP contribution in [0.25, 0.3) is 22.2 Å². The Hall–Kier alpha value is -2.42. The van der Waals surface area contributed by atoms with Gasteiger partial charge in [-0.25, -0.2) is 0 Å². The average Bonchev–Trinajstić information content (AvgIpc) is 2.82. The molecule has 0 fully saturated rings. The smallest absolute Gasteiger partial charge is 0.0464 e. The van der Waals surface area contributed by atoms with Crippen molar-refractivity contribution in [1.82, 2.24) is 4.98 Å². The van der Waals surface area contributed by atoms with Crippen LogP contribution in [0.1, 0.15) is 0 Å². The molecule has 0 aliphatic rings. The number of aromatic amines is 1. The number of fused-ring (bicyclic) bond motifs is 1. The molecular formula is C15H15N3. The van der Waals surface area contributed by atoms with Crippen molar-refractivity contribution in [2.45, 2.75) is 0 Å². The lowest BCUT2D eigenvalue weighted by Gasteiger charge is -1.98. The molecule has 0 saturated carbocycles. The summed E-state index contributed by atoms with van der Waals surface area (Å²) < 4.78 is 0. The Morgan fingerprint density at radius 3 is 2.50 bits per heavy atom. The topological polar surface area (TPSA) is 53.8 Å². The number of hydrogen-bond acceptors (Lipinski definition) is 2. The van der Waals surface area contributed by atoms with Crippen molar-refractivity contribution in [3.63, 3.8) is 0 Å². The Labute approximate surface area is 106 Å². The quantitative estimate of drug-likeness (QED) is 0.598. The van der Waals surface area contributed by atoms with Crippen LogP contribution < -0.4 is 11.1 Å². The second kappa shape index (κ2) is 4.11. The molecule has 3 nitrogen and oxygen atoms in total. The number of aromatic nitrogens is 1. The first-order valence-corrected chi connectivity index (χ1v) is 5.93. The maximum Gasteiger partial charge on any atom is 0.0464 e. The molecule has 2 aromatic carbocycles. The monoisotopic (exact) mass is 237 g/mol. The highest BCUT2D eigenvalue weighted by atomic mass is 14.8. The molecule has 4 N–H and O–H groups in total. The molecule has 0 aliphatic carbocycles. The third-order valence-corrected chi connectivity index (χ3v) is 3.13. The van der Waals surface area contributed by atoms with Gasteiger partial charge in [0.2, 0.25) is 0 Å². The van der Waals surface area contributed by atoms with E-state index in [0.717, 1.165) is 28.1 Å². The minimum Gasteiger partial charge on any atom is -0.399 e. The highest BCUT2D eigenvalue weighted by Crippen LogP contribution is 2.26. The van der Waals surface area contributed by atoms with E-state index in [9.17, 15) is 0 Å². The fraction of sp³-hybridized carbons (Fsp3) is 0.0667. The van der Waals surface area contributed by atoms with Crippen molar-refractivity contribution in [1.29, 1.82) is 0 Å². The van der Waals surface area contributed by atoms with Crippen molar-refractivity contribution < 1.29 is 0 Å². The summed E-state index contributed by atoms with van der Waals surface area (Å²) in [6.45, 7) is 0. The van der Waals surface area contributed by atoms with E-state index in [1.807, 2.05) is 31.3 Å². The highest BCUT2D eigenvalue weighted by molar-refractivity contribution is 5.88. The molecule has 3 rings (SSSR count). The minimum atomic E-state index is 0.785. The van der Waals surface area contributed by atoms with Crippen LogP contribution in [0, 0.1) is 0 Å². The summed E-state index contributed by atoms with van der Waals surface area (Å²) in [6.07, 6.45) is 0. The molecule has 0 bridgehead atoms. The van der Waals surface area contributed by atoms with Crippen molar-refractivity contribution in [3.05, 3.63) is 48.5 Å². The number of nitrogens with two attached hydrogens (primary N) is 1. The molecule has 0 atom stereocenters. The standard InChI is InChI=1S/C15H15N3/c1-17-13-6-7-14-11(8-13)9-15(18-14)10-2-4-12(16)5-3-10/h2-9,17-18H,16H2,1H3. The molecule has 3 aromatic rings. The number of anilines is 2. The van der Waals surface area contributed by atoms with E-state index in [4.69, 9.17) is 5.73 Å². The van der Waals surface area contributed by atoms with E-state index < -0.39 is 0 Å². The third kappa shape index (κ3) is 1.80. The normalized spacial score (nSPS) is 10.7. The third-order valence-electron chi connectivity index (χ3n) is 3.13. The summed E-state index contributed by atoms with van der Waals surface area (Å²) in [5, 5.41) is 4.35. The maximum absolute atomic E-state index is 5.70. The van der Waals surface area contributed by atoms with Crippen LogP contribution in [-0.4, -0.2) is 12.0 Å². The van der Waals surface area contributed by atoms with Crippen LogP contribution in [-0.2, 0) is 0 Å². The lowest BCUT2D eigenvalue weighted by Crippen LogP contribution is -1.85. The van der Waals surface area contributed by atoms with Gasteiger partial charge in [-0.15, -0.1) is 0 Å². The maximum atomic E-state index is 5.70. The molecule has 0 spiro atoms. The van der Waals surface area contributed by atoms with Gasteiger partial charge in [0.15, 0.2) is 0 Å². The van der Waals surface area contributed by atoms with E-state index in [0.29, 0.717) is 0 Å². The molecule has 18 heavy (non-hydrogen) atoms. The number of hydrogen-bond donors (Lipinski definition) is 3. The Balaban J connectivity index is 2.10. The molecule has 0 aliphatic heterocycles. The van der Waals surface area contributed by atoms with E-state index in [-0.39, 0.29) is 0 Å². The van der Waals surface area contributed by atoms with Crippen molar-refractivity contribution in [3.8, 4) is 11.3 Å². The average molecular weight is 237 g/mol. The first-order valence-electron chi connectivity index (χ1n) is 5.93. The number of benzene rings is 2. The number of nitrogens with one attached hydrogen (secondary N) is 2. The van der Waals surface area contributed by atoms with E-state index >= 15 is 0 Å². The van der Waals surface area contributed by atoms with Gasteiger partial charge in [0, 0.05) is 35.0 Å². The van der Waals surface area contributed by atoms with Crippen LogP contribution in [0.3, 0.4) is 0 Å². The number of rotatable bonds is 2. The van der Waals surface area contributed by atoms with Gasteiger partial charge in [0.25, 0.3) is 0 Å². The molecule has 1 heterocycles. The van der Waals surface area contributed by atoms with Crippen LogP contribution in [0.5, 0.6) is 0 Å². The van der Waals surface area contributed by atoms with Gasteiger partial charge in [0.1, 0.15) is 0 Å². The van der Waals surface area contributed by atoms with Gasteiger partial charge >= 0.3 is 0 Å². The van der Waals surface area contributed by atoms with Gasteiger partial charge in [0.05, 0.1) is 0 Å². The molecule has 0 radical (unpaired) electrons. The summed E-state index contributed by atoms with van der Waals surface area (Å²) in [6, 6.07) is 16.3. The predicted octanol–water partition coefficient (Wildman–Crippen LogP) is 3.46. The number of H-pyrrole nitrogens is 1. The zero-order valence-electron chi connectivity index (χ0n) is 10.2. The molecule has 0 saturated heterocycles. The zero-order valence-corrected chi connectivity index (χ0v) is 10.2. The summed E-state index contributed by atoms with van der Waals surface area (Å²) in [4.78, 5) is 3.41. The highest BCUT2D eigenvalue weighted by Gasteiger charge is 2.03. The SMILES string of the molecule is CNc1ccc2[nH]c(-c3ccc(N)cc3)cc2c1. The van der Waals surface area contributed by atoms with Gasteiger partial charge in [-0.1, -0.05) is 12.1 Å². The fourth-order valence-electron chi connectivity index (χ4n) is 2.11. The summed E-state index contributed by atoms with van der Waals surface area (Å²) in [7, 11) is 1.93. The van der Waals surface area contributed by atoms with Gasteiger partial charge in [-0.05, 0) is 42.0 Å². The van der Waals surface area contributed by atoms with Gasteiger partial charge in [-0.3, -0.25) is 0 Å². The Morgan fingerprint density at radius 2 is 1.78 bits per heavy atom. The Kier molecular flexibility index (Phi) is 2.45. The Bertz CT molecular complexity index is 681. The van der Waals surface area contributed by atoms with Crippen molar-refractivity contribution >= 4 is 22.3 Å². The van der Waals surface area contributed by atoms with Crippen molar-refractivity contribution in [2.75, 3.05) is 18.1 Å². The van der Waals surface area contributed by atoms with Gasteiger partial charge < -0.3 is 16.0 Å². The summed E-state index contributed by atoms with van der Waals surface area (Å²) in [5.74, 6) is 0. The van der Waals surface area contributed by atoms with Crippen LogP contribution in [0.15, 0.2) is 48.5 Å². The largest absolute Gasteiger partial charge is 0.399 e. The predicted molar refractivity (Wildman–Crippen MR) is 77.7 cm³/mol. The summed E-state index contributed by atoms with van der Waals surface area (Å²) >= 11 is 0. The molecule has 0 unspecified atom stereocenters. The van der Waals surface area contributed by atoms with Crippen molar-refractivity contribution in [2.24, 2.45) is 0 Å². The van der Waals surface area contributed by atoms with E-state index in [1.165, 1.54) is 5.39 Å². The molecule has 3 heteroatoms. The first-order chi connectivity index (χ1) is 8.76. The molecule has 1 aromatic heterocycles. The molecule has 0 amide bonds. The van der Waals surface area contributed by atoms with E-state index in [2.05, 4.69) is 34.6 Å². The molecule has 90 valence electrons.